The van der Waals surface area contributed by atoms with Crippen LogP contribution in [0.4, 0.5) is 5.69 Å². The second kappa shape index (κ2) is 6.61. The Morgan fingerprint density at radius 3 is 2.95 bits per heavy atom. The molecule has 1 fully saturated rings. The van der Waals surface area contributed by atoms with Gasteiger partial charge in [0.05, 0.1) is 7.11 Å². The van der Waals surface area contributed by atoms with Crippen molar-refractivity contribution < 1.29 is 14.3 Å². The predicted molar refractivity (Wildman–Crippen MR) is 81.3 cm³/mol. The number of rotatable bonds is 5. The fourth-order valence-electron chi connectivity index (χ4n) is 2.40. The molecule has 1 heterocycles. The molecule has 0 aromatic heterocycles. The van der Waals surface area contributed by atoms with E-state index < -0.39 is 5.92 Å². The van der Waals surface area contributed by atoms with E-state index in [0.29, 0.717) is 18.7 Å². The number of methoxy groups -OCH3 is 1. The number of hydrogen-bond donors (Lipinski definition) is 1. The molecule has 0 unspecified atom stereocenters. The normalized spacial score (nSPS) is 19.5. The molecule has 1 aliphatic rings. The fourth-order valence-corrected chi connectivity index (χ4v) is 2.40. The maximum absolute atomic E-state index is 12.4. The van der Waals surface area contributed by atoms with Crippen LogP contribution < -0.4 is 15.0 Å². The lowest BCUT2D eigenvalue weighted by Crippen LogP contribution is -2.40. The Balaban J connectivity index is 2.09. The van der Waals surface area contributed by atoms with E-state index in [2.05, 4.69) is 5.32 Å². The van der Waals surface area contributed by atoms with Gasteiger partial charge in [0.15, 0.2) is 0 Å². The lowest BCUT2D eigenvalue weighted by molar-refractivity contribution is -0.132. The highest BCUT2D eigenvalue weighted by atomic mass is 16.5. The first-order valence-corrected chi connectivity index (χ1v) is 7.32. The summed E-state index contributed by atoms with van der Waals surface area (Å²) in [6.45, 7) is 4.51. The molecule has 21 heavy (non-hydrogen) atoms. The zero-order valence-electron chi connectivity index (χ0n) is 12.8. The molecule has 1 aromatic rings. The fraction of sp³-hybridized carbons (Fsp3) is 0.500. The molecule has 5 heteroatoms. The minimum atomic E-state index is -0.579. The molecule has 1 saturated heterocycles. The van der Waals surface area contributed by atoms with Crippen LogP contribution in [0.5, 0.6) is 5.75 Å². The van der Waals surface area contributed by atoms with Crippen molar-refractivity contribution in [3.05, 3.63) is 24.3 Å². The molecule has 0 saturated carbocycles. The van der Waals surface area contributed by atoms with Gasteiger partial charge >= 0.3 is 0 Å². The Bertz CT molecular complexity index is 530. The van der Waals surface area contributed by atoms with Crippen molar-refractivity contribution in [3.63, 3.8) is 0 Å². The Kier molecular flexibility index (Phi) is 4.83. The second-order valence-corrected chi connectivity index (χ2v) is 5.35. The highest BCUT2D eigenvalue weighted by Gasteiger charge is 2.37. The summed E-state index contributed by atoms with van der Waals surface area (Å²) in [5.74, 6) is -0.179. The smallest absolute Gasteiger partial charge is 0.239 e. The van der Waals surface area contributed by atoms with Crippen molar-refractivity contribution in [2.45, 2.75) is 32.7 Å². The monoisotopic (exact) mass is 290 g/mol. The second-order valence-electron chi connectivity index (χ2n) is 5.35. The number of carbonyl (C=O) groups is 2. The van der Waals surface area contributed by atoms with Gasteiger partial charge in [-0.2, -0.15) is 0 Å². The van der Waals surface area contributed by atoms with Gasteiger partial charge in [-0.05, 0) is 31.9 Å². The molecule has 1 N–H and O–H groups in total. The number of hydrogen-bond acceptors (Lipinski definition) is 3. The van der Waals surface area contributed by atoms with Crippen molar-refractivity contribution in [3.8, 4) is 5.75 Å². The SMILES string of the molecule is CC[C@@H](C)NC(=O)[C@@H]1CCN(c2cccc(OC)c2)C1=O. The van der Waals surface area contributed by atoms with Crippen molar-refractivity contribution >= 4 is 17.5 Å². The number of benzene rings is 1. The number of anilines is 1. The molecular formula is C16H22N2O3. The summed E-state index contributed by atoms with van der Waals surface area (Å²) in [5.41, 5.74) is 0.776. The van der Waals surface area contributed by atoms with E-state index in [0.717, 1.165) is 12.1 Å². The van der Waals surface area contributed by atoms with Crippen LogP contribution in [-0.2, 0) is 9.59 Å². The highest BCUT2D eigenvalue weighted by Crippen LogP contribution is 2.28. The van der Waals surface area contributed by atoms with E-state index in [-0.39, 0.29) is 17.9 Å². The van der Waals surface area contributed by atoms with E-state index in [9.17, 15) is 9.59 Å². The van der Waals surface area contributed by atoms with Crippen LogP contribution in [0.3, 0.4) is 0 Å². The van der Waals surface area contributed by atoms with Crippen molar-refractivity contribution in [1.29, 1.82) is 0 Å². The average molecular weight is 290 g/mol. The Labute approximate surface area is 125 Å². The summed E-state index contributed by atoms with van der Waals surface area (Å²) in [5, 5.41) is 2.89. The predicted octanol–water partition coefficient (Wildman–Crippen LogP) is 1.96. The summed E-state index contributed by atoms with van der Waals surface area (Å²) >= 11 is 0. The van der Waals surface area contributed by atoms with E-state index in [4.69, 9.17) is 4.74 Å². The van der Waals surface area contributed by atoms with Gasteiger partial charge in [0.2, 0.25) is 11.8 Å². The minimum Gasteiger partial charge on any atom is -0.497 e. The highest BCUT2D eigenvalue weighted by molar-refractivity contribution is 6.09. The van der Waals surface area contributed by atoms with Crippen molar-refractivity contribution in [1.82, 2.24) is 5.32 Å². The third-order valence-corrected chi connectivity index (χ3v) is 3.89. The van der Waals surface area contributed by atoms with Gasteiger partial charge in [-0.25, -0.2) is 0 Å². The third kappa shape index (κ3) is 3.35. The zero-order valence-corrected chi connectivity index (χ0v) is 12.8. The van der Waals surface area contributed by atoms with Crippen LogP contribution in [0.2, 0.25) is 0 Å². The minimum absolute atomic E-state index is 0.0937. The van der Waals surface area contributed by atoms with Crippen molar-refractivity contribution in [2.75, 3.05) is 18.6 Å². The molecule has 0 bridgehead atoms. The van der Waals surface area contributed by atoms with Crippen LogP contribution >= 0.6 is 0 Å². The standard InChI is InChI=1S/C16H22N2O3/c1-4-11(2)17-15(19)14-8-9-18(16(14)20)12-6-5-7-13(10-12)21-3/h5-7,10-11,14H,4,8-9H2,1-3H3,(H,17,19)/t11-,14+/m1/s1. The molecule has 0 aliphatic carbocycles. The summed E-state index contributed by atoms with van der Waals surface area (Å²) in [6, 6.07) is 7.43. The van der Waals surface area contributed by atoms with Crippen LogP contribution in [0.1, 0.15) is 26.7 Å². The Hall–Kier alpha value is -2.04. The molecule has 114 valence electrons. The van der Waals surface area contributed by atoms with Gasteiger partial charge in [0.1, 0.15) is 11.7 Å². The molecule has 1 aromatic carbocycles. The number of nitrogens with one attached hydrogen (secondary N) is 1. The molecular weight excluding hydrogens is 268 g/mol. The summed E-state index contributed by atoms with van der Waals surface area (Å²) in [7, 11) is 1.59. The maximum atomic E-state index is 12.4. The van der Waals surface area contributed by atoms with Crippen molar-refractivity contribution in [2.24, 2.45) is 5.92 Å². The molecule has 1 aliphatic heterocycles. The third-order valence-electron chi connectivity index (χ3n) is 3.89. The topological polar surface area (TPSA) is 58.6 Å². The van der Waals surface area contributed by atoms with E-state index in [1.165, 1.54) is 0 Å². The van der Waals surface area contributed by atoms with Crippen LogP contribution in [0, 0.1) is 5.92 Å². The number of nitrogens with zero attached hydrogens (tertiary/aromatic N) is 1. The van der Waals surface area contributed by atoms with Crippen LogP contribution in [0.25, 0.3) is 0 Å². The summed E-state index contributed by atoms with van der Waals surface area (Å²) < 4.78 is 5.17. The summed E-state index contributed by atoms with van der Waals surface area (Å²) in [6.07, 6.45) is 1.41. The lowest BCUT2D eigenvalue weighted by Gasteiger charge is -2.18. The van der Waals surface area contributed by atoms with E-state index >= 15 is 0 Å². The molecule has 2 amide bonds. The molecule has 2 rings (SSSR count). The van der Waals surface area contributed by atoms with E-state index in [1.54, 1.807) is 12.0 Å². The van der Waals surface area contributed by atoms with Crippen LogP contribution in [0.15, 0.2) is 24.3 Å². The number of ether oxygens (including phenoxy) is 1. The van der Waals surface area contributed by atoms with Gasteiger partial charge in [-0.15, -0.1) is 0 Å². The first kappa shape index (κ1) is 15.4. The quantitative estimate of drug-likeness (QED) is 0.843. The largest absolute Gasteiger partial charge is 0.497 e. The van der Waals surface area contributed by atoms with E-state index in [1.807, 2.05) is 38.1 Å². The average Bonchev–Trinajstić information content (AvgIpc) is 2.88. The molecule has 0 radical (unpaired) electrons. The van der Waals surface area contributed by atoms with Gasteiger partial charge in [0.25, 0.3) is 0 Å². The Morgan fingerprint density at radius 2 is 2.29 bits per heavy atom. The zero-order chi connectivity index (χ0) is 15.4. The Morgan fingerprint density at radius 1 is 1.52 bits per heavy atom. The maximum Gasteiger partial charge on any atom is 0.239 e. The first-order valence-electron chi connectivity index (χ1n) is 7.32. The molecule has 5 nitrogen and oxygen atoms in total. The van der Waals surface area contributed by atoms with Gasteiger partial charge in [-0.3, -0.25) is 9.59 Å². The first-order chi connectivity index (χ1) is 10.1. The number of amides is 2. The van der Waals surface area contributed by atoms with Gasteiger partial charge in [0, 0.05) is 24.3 Å². The van der Waals surface area contributed by atoms with Gasteiger partial charge in [-0.1, -0.05) is 13.0 Å². The van der Waals surface area contributed by atoms with Crippen LogP contribution in [-0.4, -0.2) is 31.5 Å². The lowest BCUT2D eigenvalue weighted by atomic mass is 10.1. The van der Waals surface area contributed by atoms with Gasteiger partial charge < -0.3 is 15.0 Å². The number of carbonyl (C=O) groups excluding carboxylic acids is 2. The summed E-state index contributed by atoms with van der Waals surface area (Å²) in [4.78, 5) is 26.2. The molecule has 2 atom stereocenters. The molecule has 0 spiro atoms.